The van der Waals surface area contributed by atoms with Crippen molar-refractivity contribution in [3.63, 3.8) is 0 Å². The molecule has 2 atom stereocenters. The molecular formula is C22H27ClF3N5O4. The first-order chi connectivity index (χ1) is 16.7. The highest BCUT2D eigenvalue weighted by Crippen LogP contribution is 2.47. The molecule has 0 saturated carbocycles. The summed E-state index contributed by atoms with van der Waals surface area (Å²) in [6.07, 6.45) is -4.95. The fourth-order valence-electron chi connectivity index (χ4n) is 4.26. The average Bonchev–Trinajstić information content (AvgIpc) is 3.19. The number of morpholine rings is 1. The predicted molar refractivity (Wildman–Crippen MR) is 122 cm³/mol. The zero-order chi connectivity index (χ0) is 25.2. The van der Waals surface area contributed by atoms with Crippen molar-refractivity contribution in [3.8, 4) is 11.5 Å². The molecule has 4 rings (SSSR count). The Labute approximate surface area is 205 Å². The number of fused-ring (bicyclic) bond motifs is 1. The molecule has 192 valence electrons. The van der Waals surface area contributed by atoms with E-state index in [9.17, 15) is 18.0 Å². The number of aromatic nitrogens is 2. The molecule has 1 fully saturated rings. The number of anilines is 1. The van der Waals surface area contributed by atoms with Crippen LogP contribution in [-0.2, 0) is 4.74 Å². The minimum absolute atomic E-state index is 0.0571. The summed E-state index contributed by atoms with van der Waals surface area (Å²) in [6, 6.07) is 2.18. The van der Waals surface area contributed by atoms with Crippen molar-refractivity contribution < 1.29 is 32.2 Å². The molecule has 9 nitrogen and oxygen atoms in total. The Hall–Kier alpha value is -2.70. The van der Waals surface area contributed by atoms with Gasteiger partial charge in [-0.3, -0.25) is 9.69 Å². The van der Waals surface area contributed by atoms with Gasteiger partial charge in [0.15, 0.2) is 23.2 Å². The summed E-state index contributed by atoms with van der Waals surface area (Å²) >= 11 is 6.39. The van der Waals surface area contributed by atoms with E-state index in [0.29, 0.717) is 43.4 Å². The maximum Gasteiger partial charge on any atom is 0.410 e. The largest absolute Gasteiger partial charge is 0.493 e. The lowest BCUT2D eigenvalue weighted by Gasteiger charge is -2.33. The van der Waals surface area contributed by atoms with Gasteiger partial charge in [-0.25, -0.2) is 4.68 Å². The van der Waals surface area contributed by atoms with Gasteiger partial charge in [-0.2, -0.15) is 18.3 Å². The highest BCUT2D eigenvalue weighted by molar-refractivity contribution is 6.36. The first-order valence-corrected chi connectivity index (χ1v) is 11.5. The quantitative estimate of drug-likeness (QED) is 0.582. The normalized spacial score (nSPS) is 20.6. The first kappa shape index (κ1) is 25.4. The second kappa shape index (κ2) is 10.5. The Morgan fingerprint density at radius 1 is 1.26 bits per heavy atom. The molecule has 0 spiro atoms. The number of halogens is 4. The summed E-state index contributed by atoms with van der Waals surface area (Å²) in [5.41, 5.74) is 0.301. The van der Waals surface area contributed by atoms with Gasteiger partial charge in [0.1, 0.15) is 10.8 Å². The summed E-state index contributed by atoms with van der Waals surface area (Å²) in [4.78, 5) is 14.9. The third-order valence-corrected chi connectivity index (χ3v) is 6.50. The molecule has 0 radical (unpaired) electrons. The van der Waals surface area contributed by atoms with Crippen molar-refractivity contribution in [1.82, 2.24) is 20.0 Å². The lowest BCUT2D eigenvalue weighted by atomic mass is 9.96. The van der Waals surface area contributed by atoms with Gasteiger partial charge in [-0.1, -0.05) is 17.7 Å². The third kappa shape index (κ3) is 5.44. The van der Waals surface area contributed by atoms with Gasteiger partial charge in [-0.15, -0.1) is 0 Å². The zero-order valence-electron chi connectivity index (χ0n) is 19.3. The number of nitrogens with zero attached hydrogens (tertiary/aromatic N) is 3. The summed E-state index contributed by atoms with van der Waals surface area (Å²) in [6.45, 7) is 3.65. The van der Waals surface area contributed by atoms with Gasteiger partial charge in [0, 0.05) is 32.6 Å². The Morgan fingerprint density at radius 3 is 2.63 bits per heavy atom. The lowest BCUT2D eigenvalue weighted by Crippen LogP contribution is -2.41. The number of ether oxygens (including phenoxy) is 3. The zero-order valence-corrected chi connectivity index (χ0v) is 20.1. The molecule has 13 heteroatoms. The van der Waals surface area contributed by atoms with Crippen molar-refractivity contribution in [2.24, 2.45) is 0 Å². The van der Waals surface area contributed by atoms with Crippen LogP contribution in [-0.4, -0.2) is 80.4 Å². The van der Waals surface area contributed by atoms with Crippen molar-refractivity contribution in [3.05, 3.63) is 34.5 Å². The van der Waals surface area contributed by atoms with Crippen molar-refractivity contribution in [1.29, 1.82) is 0 Å². The highest BCUT2D eigenvalue weighted by atomic mass is 35.5. The topological polar surface area (TPSA) is 89.9 Å². The molecule has 1 aromatic carbocycles. The maximum absolute atomic E-state index is 14.0. The van der Waals surface area contributed by atoms with Crippen LogP contribution in [0.25, 0.3) is 0 Å². The molecular weight excluding hydrogens is 491 g/mol. The summed E-state index contributed by atoms with van der Waals surface area (Å²) < 4.78 is 58.6. The molecule has 2 aromatic rings. The molecule has 2 aliphatic rings. The number of carbonyl (C=O) groups is 1. The van der Waals surface area contributed by atoms with Crippen LogP contribution in [0.1, 0.15) is 34.6 Å². The van der Waals surface area contributed by atoms with E-state index in [4.69, 9.17) is 25.8 Å². The Bertz CT molecular complexity index is 1060. The molecule has 1 amide bonds. The molecule has 35 heavy (non-hydrogen) atoms. The fraction of sp³-hybridized carbons (Fsp3) is 0.545. The van der Waals surface area contributed by atoms with Gasteiger partial charge in [0.25, 0.3) is 5.91 Å². The maximum atomic E-state index is 14.0. The van der Waals surface area contributed by atoms with E-state index in [-0.39, 0.29) is 23.0 Å². The molecule has 1 aromatic heterocycles. The fourth-order valence-corrected chi connectivity index (χ4v) is 4.52. The molecule has 0 unspecified atom stereocenters. The number of rotatable bonds is 7. The van der Waals surface area contributed by atoms with Crippen LogP contribution in [0.15, 0.2) is 18.2 Å². The minimum Gasteiger partial charge on any atom is -0.493 e. The Morgan fingerprint density at radius 2 is 1.97 bits per heavy atom. The Kier molecular flexibility index (Phi) is 7.62. The monoisotopic (exact) mass is 517 g/mol. The standard InChI is InChI=1S/C22H27ClF3N5O4/c1-33-15-4-3-13(11-16(15)34-2)14-12-17(22(24,25)26)31-20(28-14)18(23)19(29-31)21(32)27-5-6-30-7-9-35-10-8-30/h3-4,11,14,17,28H,5-10,12H2,1-2H3,(H,27,32)/t14-,17+/m1/s1. The van der Waals surface area contributed by atoms with Gasteiger partial charge in [0.2, 0.25) is 0 Å². The first-order valence-electron chi connectivity index (χ1n) is 11.1. The van der Waals surface area contributed by atoms with E-state index >= 15 is 0 Å². The van der Waals surface area contributed by atoms with Crippen LogP contribution in [0.3, 0.4) is 0 Å². The third-order valence-electron chi connectivity index (χ3n) is 6.14. The van der Waals surface area contributed by atoms with Crippen molar-refractivity contribution >= 4 is 23.3 Å². The molecule has 2 N–H and O–H groups in total. The van der Waals surface area contributed by atoms with Crippen LogP contribution < -0.4 is 20.1 Å². The smallest absolute Gasteiger partial charge is 0.410 e. The number of carbonyl (C=O) groups excluding carboxylic acids is 1. The minimum atomic E-state index is -4.61. The number of amides is 1. The molecule has 3 heterocycles. The van der Waals surface area contributed by atoms with E-state index in [0.717, 1.165) is 17.8 Å². The number of alkyl halides is 3. The Balaban J connectivity index is 1.56. The van der Waals surface area contributed by atoms with E-state index < -0.39 is 24.2 Å². The van der Waals surface area contributed by atoms with Crippen molar-refractivity contribution in [2.75, 3.05) is 58.9 Å². The molecule has 0 aliphatic carbocycles. The van der Waals surface area contributed by atoms with E-state index in [1.165, 1.54) is 14.2 Å². The van der Waals surface area contributed by atoms with Crippen LogP contribution in [0.4, 0.5) is 19.0 Å². The number of hydrogen-bond donors (Lipinski definition) is 2. The number of methoxy groups -OCH3 is 2. The van der Waals surface area contributed by atoms with Crippen LogP contribution in [0.2, 0.25) is 5.02 Å². The summed E-state index contributed by atoms with van der Waals surface area (Å²) in [5.74, 6) is 0.160. The molecule has 1 saturated heterocycles. The van der Waals surface area contributed by atoms with E-state index in [2.05, 4.69) is 20.6 Å². The molecule has 2 aliphatic heterocycles. The van der Waals surface area contributed by atoms with Crippen LogP contribution >= 0.6 is 11.6 Å². The summed E-state index contributed by atoms with van der Waals surface area (Å²) in [7, 11) is 2.92. The van der Waals surface area contributed by atoms with E-state index in [1.54, 1.807) is 18.2 Å². The SMILES string of the molecule is COc1ccc([C@H]2C[C@@H](C(F)(F)F)n3nc(C(=O)NCCN4CCOCC4)c(Cl)c3N2)cc1OC. The second-order valence-corrected chi connectivity index (χ2v) is 8.65. The van der Waals surface area contributed by atoms with Gasteiger partial charge in [0.05, 0.1) is 33.5 Å². The van der Waals surface area contributed by atoms with Crippen molar-refractivity contribution in [2.45, 2.75) is 24.7 Å². The number of hydrogen-bond acceptors (Lipinski definition) is 7. The van der Waals surface area contributed by atoms with Crippen LogP contribution in [0.5, 0.6) is 11.5 Å². The highest BCUT2D eigenvalue weighted by Gasteiger charge is 2.48. The molecule has 0 bridgehead atoms. The summed E-state index contributed by atoms with van der Waals surface area (Å²) in [5, 5.41) is 9.53. The van der Waals surface area contributed by atoms with Crippen LogP contribution in [0, 0.1) is 0 Å². The predicted octanol–water partition coefficient (Wildman–Crippen LogP) is 3.28. The average molecular weight is 518 g/mol. The number of benzene rings is 1. The lowest BCUT2D eigenvalue weighted by molar-refractivity contribution is -0.173. The second-order valence-electron chi connectivity index (χ2n) is 8.27. The number of nitrogens with one attached hydrogen (secondary N) is 2. The van der Waals surface area contributed by atoms with E-state index in [1.807, 2.05) is 0 Å². The van der Waals surface area contributed by atoms with Gasteiger partial charge >= 0.3 is 6.18 Å². The van der Waals surface area contributed by atoms with Gasteiger partial charge < -0.3 is 24.8 Å². The van der Waals surface area contributed by atoms with Gasteiger partial charge in [-0.05, 0) is 17.7 Å².